The Labute approximate surface area is 219 Å². The maximum atomic E-state index is 12.6. The fourth-order valence-electron chi connectivity index (χ4n) is 3.16. The average molecular weight is 576 g/mol. The summed E-state index contributed by atoms with van der Waals surface area (Å²) in [5, 5.41) is 14.1. The number of sulfone groups is 1. The second-order valence-electron chi connectivity index (χ2n) is 7.65. The van der Waals surface area contributed by atoms with Gasteiger partial charge in [-0.15, -0.1) is 0 Å². The first-order valence-electron chi connectivity index (χ1n) is 10.2. The number of ether oxygens (including phenoxy) is 1. The Hall–Kier alpha value is -3.08. The van der Waals surface area contributed by atoms with E-state index < -0.39 is 45.2 Å². The van der Waals surface area contributed by atoms with Gasteiger partial charge in [-0.05, 0) is 30.3 Å². The third-order valence-electron chi connectivity index (χ3n) is 4.83. The molecule has 0 bridgehead atoms. The van der Waals surface area contributed by atoms with Crippen molar-refractivity contribution in [2.24, 2.45) is 5.73 Å². The van der Waals surface area contributed by atoms with E-state index in [2.05, 4.69) is 16.9 Å². The highest BCUT2D eigenvalue weighted by Crippen LogP contribution is 2.35. The van der Waals surface area contributed by atoms with Crippen LogP contribution in [0.4, 0.5) is 13.2 Å². The number of benzene rings is 2. The molecule has 196 valence electrons. The molecule has 0 amide bonds. The standard InChI is InChI=1S/C23H18Cl2F3N3O5S/c1-37(34,35)21-19(22(32)33)30-31(20(21)14-5-7-15(24)8-6-14)17-9-4-13(11-16(17)25)3-2-10-36-12-18(29)23(26,27)28/h4-9,11,18H,10,12,29H2,1H3,(H,32,33). The molecule has 0 radical (unpaired) electrons. The van der Waals surface area contributed by atoms with Gasteiger partial charge in [-0.25, -0.2) is 17.9 Å². The van der Waals surface area contributed by atoms with Crippen LogP contribution in [0.2, 0.25) is 10.0 Å². The van der Waals surface area contributed by atoms with Crippen molar-refractivity contribution in [3.05, 3.63) is 63.8 Å². The number of alkyl halides is 3. The minimum absolute atomic E-state index is 0.0355. The van der Waals surface area contributed by atoms with Crippen molar-refractivity contribution in [3.8, 4) is 28.8 Å². The number of carbonyl (C=O) groups is 1. The van der Waals surface area contributed by atoms with Crippen LogP contribution >= 0.6 is 23.2 Å². The SMILES string of the molecule is CS(=O)(=O)c1c(C(=O)O)nn(-c2ccc(C#CCOCC(N)C(F)(F)F)cc2Cl)c1-c1ccc(Cl)cc1. The minimum atomic E-state index is -4.58. The van der Waals surface area contributed by atoms with E-state index >= 15 is 0 Å². The molecule has 14 heteroatoms. The molecule has 0 saturated heterocycles. The summed E-state index contributed by atoms with van der Waals surface area (Å²) >= 11 is 12.4. The first-order valence-corrected chi connectivity index (χ1v) is 12.9. The summed E-state index contributed by atoms with van der Waals surface area (Å²) in [5.41, 5.74) is 5.06. The highest BCUT2D eigenvalue weighted by molar-refractivity contribution is 7.91. The number of carboxylic acid groups (broad SMARTS) is 1. The fourth-order valence-corrected chi connectivity index (χ4v) is 4.58. The number of rotatable bonds is 7. The lowest BCUT2D eigenvalue weighted by atomic mass is 10.1. The monoisotopic (exact) mass is 575 g/mol. The molecular weight excluding hydrogens is 558 g/mol. The molecule has 8 nitrogen and oxygen atoms in total. The summed E-state index contributed by atoms with van der Waals surface area (Å²) in [5.74, 6) is 3.66. The Kier molecular flexibility index (Phi) is 8.56. The predicted molar refractivity (Wildman–Crippen MR) is 131 cm³/mol. The van der Waals surface area contributed by atoms with Gasteiger partial charge in [0.05, 0.1) is 23.0 Å². The molecule has 1 atom stereocenters. The summed E-state index contributed by atoms with van der Waals surface area (Å²) in [6, 6.07) is 8.23. The Morgan fingerprint density at radius 2 is 1.86 bits per heavy atom. The van der Waals surface area contributed by atoms with Gasteiger partial charge in [-0.3, -0.25) is 0 Å². The highest BCUT2D eigenvalue weighted by Gasteiger charge is 2.36. The van der Waals surface area contributed by atoms with E-state index in [9.17, 15) is 31.5 Å². The first kappa shape index (κ1) is 28.5. The van der Waals surface area contributed by atoms with Gasteiger partial charge in [-0.2, -0.15) is 18.3 Å². The quantitative estimate of drug-likeness (QED) is 0.319. The third kappa shape index (κ3) is 6.82. The zero-order valence-corrected chi connectivity index (χ0v) is 21.2. The van der Waals surface area contributed by atoms with Gasteiger partial charge in [0.1, 0.15) is 17.5 Å². The van der Waals surface area contributed by atoms with E-state index in [1.54, 1.807) is 0 Å². The highest BCUT2D eigenvalue weighted by atomic mass is 35.5. The maximum Gasteiger partial charge on any atom is 0.405 e. The lowest BCUT2D eigenvalue weighted by molar-refractivity contribution is -0.158. The molecule has 3 aromatic rings. The number of halogens is 5. The Morgan fingerprint density at radius 3 is 2.41 bits per heavy atom. The molecule has 37 heavy (non-hydrogen) atoms. The number of nitrogens with zero attached hydrogens (tertiary/aromatic N) is 2. The molecule has 1 unspecified atom stereocenters. The zero-order chi connectivity index (χ0) is 27.5. The fraction of sp³-hybridized carbons (Fsp3) is 0.217. The molecule has 0 saturated carbocycles. The zero-order valence-electron chi connectivity index (χ0n) is 18.9. The van der Waals surface area contributed by atoms with Crippen LogP contribution in [-0.2, 0) is 14.6 Å². The smallest absolute Gasteiger partial charge is 0.405 e. The van der Waals surface area contributed by atoms with Gasteiger partial charge in [0.15, 0.2) is 15.5 Å². The van der Waals surface area contributed by atoms with Crippen molar-refractivity contribution in [2.75, 3.05) is 19.5 Å². The summed E-state index contributed by atoms with van der Waals surface area (Å²) in [6.07, 6.45) is -3.71. The van der Waals surface area contributed by atoms with Crippen LogP contribution in [0.25, 0.3) is 16.9 Å². The number of carboxylic acids is 1. The van der Waals surface area contributed by atoms with Gasteiger partial charge >= 0.3 is 12.1 Å². The van der Waals surface area contributed by atoms with E-state index in [-0.39, 0.29) is 23.0 Å². The molecular formula is C23H18Cl2F3N3O5S. The normalized spacial score (nSPS) is 12.6. The van der Waals surface area contributed by atoms with Gasteiger partial charge < -0.3 is 15.6 Å². The molecule has 1 aromatic heterocycles. The lowest BCUT2D eigenvalue weighted by Gasteiger charge is -2.14. The average Bonchev–Trinajstić information content (AvgIpc) is 3.20. The summed E-state index contributed by atoms with van der Waals surface area (Å²) in [7, 11) is -4.06. The number of aromatic nitrogens is 2. The number of hydrogen-bond acceptors (Lipinski definition) is 6. The second-order valence-corrected chi connectivity index (χ2v) is 10.4. The van der Waals surface area contributed by atoms with Crippen molar-refractivity contribution >= 4 is 39.0 Å². The maximum absolute atomic E-state index is 12.6. The van der Waals surface area contributed by atoms with E-state index in [0.717, 1.165) is 10.9 Å². The Bertz CT molecular complexity index is 1490. The van der Waals surface area contributed by atoms with E-state index in [1.165, 1.54) is 42.5 Å². The molecule has 0 aliphatic rings. The van der Waals surface area contributed by atoms with Crippen molar-refractivity contribution in [2.45, 2.75) is 17.1 Å². The molecule has 0 fully saturated rings. The van der Waals surface area contributed by atoms with E-state index in [1.807, 2.05) is 0 Å². The topological polar surface area (TPSA) is 125 Å². The van der Waals surface area contributed by atoms with Crippen LogP contribution in [0.1, 0.15) is 16.1 Å². The number of aromatic carboxylic acids is 1. The number of hydrogen-bond donors (Lipinski definition) is 2. The van der Waals surface area contributed by atoms with Crippen molar-refractivity contribution < 1.29 is 36.2 Å². The van der Waals surface area contributed by atoms with Crippen molar-refractivity contribution in [3.63, 3.8) is 0 Å². The van der Waals surface area contributed by atoms with Crippen LogP contribution < -0.4 is 5.73 Å². The van der Waals surface area contributed by atoms with E-state index in [4.69, 9.17) is 33.7 Å². The van der Waals surface area contributed by atoms with Crippen molar-refractivity contribution in [1.82, 2.24) is 9.78 Å². The largest absolute Gasteiger partial charge is 0.476 e. The molecule has 3 N–H and O–H groups in total. The van der Waals surface area contributed by atoms with Crippen LogP contribution in [0, 0.1) is 11.8 Å². The van der Waals surface area contributed by atoms with Gasteiger partial charge in [0.2, 0.25) is 0 Å². The van der Waals surface area contributed by atoms with Gasteiger partial charge in [0, 0.05) is 22.4 Å². The van der Waals surface area contributed by atoms with Crippen LogP contribution in [-0.4, -0.2) is 61.0 Å². The molecule has 0 aliphatic carbocycles. The summed E-state index contributed by atoms with van der Waals surface area (Å²) in [4.78, 5) is 11.4. The summed E-state index contributed by atoms with van der Waals surface area (Å²) < 4.78 is 68.3. The molecule has 3 rings (SSSR count). The van der Waals surface area contributed by atoms with Crippen LogP contribution in [0.5, 0.6) is 0 Å². The Morgan fingerprint density at radius 1 is 1.22 bits per heavy atom. The number of nitrogens with two attached hydrogens (primary N) is 1. The third-order valence-corrected chi connectivity index (χ3v) is 6.52. The molecule has 2 aromatic carbocycles. The van der Waals surface area contributed by atoms with Gasteiger partial charge in [-0.1, -0.05) is 47.2 Å². The van der Waals surface area contributed by atoms with Crippen LogP contribution in [0.3, 0.4) is 0 Å². The molecule has 0 aliphatic heterocycles. The summed E-state index contributed by atoms with van der Waals surface area (Å²) in [6.45, 7) is -1.07. The predicted octanol–water partition coefficient (Wildman–Crippen LogP) is 4.21. The lowest BCUT2D eigenvalue weighted by Crippen LogP contribution is -2.41. The van der Waals surface area contributed by atoms with E-state index in [0.29, 0.717) is 16.1 Å². The minimum Gasteiger partial charge on any atom is -0.476 e. The van der Waals surface area contributed by atoms with Gasteiger partial charge in [0.25, 0.3) is 0 Å². The van der Waals surface area contributed by atoms with Crippen molar-refractivity contribution in [1.29, 1.82) is 0 Å². The molecule has 1 heterocycles. The second kappa shape index (κ2) is 11.1. The first-order chi connectivity index (χ1) is 17.2. The van der Waals surface area contributed by atoms with Crippen LogP contribution in [0.15, 0.2) is 47.4 Å². The Balaban J connectivity index is 2.01. The molecule has 0 spiro atoms.